The second kappa shape index (κ2) is 16.6. The molecule has 0 aliphatic carbocycles. The maximum atomic E-state index is 13.4. The van der Waals surface area contributed by atoms with Crippen LogP contribution in [0.5, 0.6) is 5.75 Å². The number of hydrogen-bond acceptors (Lipinski definition) is 7. The Bertz CT molecular complexity index is 1120. The second-order valence-corrected chi connectivity index (χ2v) is 9.74. The van der Waals surface area contributed by atoms with Crippen LogP contribution in [0.3, 0.4) is 0 Å². The van der Waals surface area contributed by atoms with E-state index < -0.39 is 41.4 Å². The summed E-state index contributed by atoms with van der Waals surface area (Å²) in [5.74, 6) is -2.49. The van der Waals surface area contributed by atoms with E-state index in [2.05, 4.69) is 20.9 Å². The average molecular weight is 577 g/mol. The van der Waals surface area contributed by atoms with Crippen molar-refractivity contribution in [3.63, 3.8) is 0 Å². The number of hydrogen-bond donors (Lipinski definition) is 3. The molecule has 2 aromatic rings. The Morgan fingerprint density at radius 1 is 0.951 bits per heavy atom. The molecule has 1 aliphatic heterocycles. The average Bonchev–Trinajstić information content (AvgIpc) is 2.93. The summed E-state index contributed by atoms with van der Waals surface area (Å²) in [5.41, 5.74) is 0.930. The number of rotatable bonds is 15. The van der Waals surface area contributed by atoms with Crippen LogP contribution >= 0.6 is 0 Å². The lowest BCUT2D eigenvalue weighted by Gasteiger charge is -2.26. The minimum Gasteiger partial charge on any atom is -0.492 e. The van der Waals surface area contributed by atoms with Gasteiger partial charge in [-0.1, -0.05) is 12.1 Å². The van der Waals surface area contributed by atoms with Gasteiger partial charge in [-0.2, -0.15) is 0 Å². The molecule has 1 fully saturated rings. The van der Waals surface area contributed by atoms with E-state index in [0.29, 0.717) is 25.0 Å². The molecule has 41 heavy (non-hydrogen) atoms. The van der Waals surface area contributed by atoms with Crippen molar-refractivity contribution in [1.82, 2.24) is 20.9 Å². The lowest BCUT2D eigenvalue weighted by molar-refractivity contribution is -0.131. The lowest BCUT2D eigenvalue weighted by atomic mass is 10.0. The molecule has 2 atom stereocenters. The number of morpholine rings is 1. The van der Waals surface area contributed by atoms with Gasteiger partial charge >= 0.3 is 0 Å². The van der Waals surface area contributed by atoms with Crippen LogP contribution in [-0.2, 0) is 36.7 Å². The molecule has 0 aromatic heterocycles. The SMILES string of the molecule is COCCNC(=O)[C@H](Cc1ccc(OCCN2CCOCC2)cc1)NC(=O)[C@H](C)NC(=O)Cc1cc(F)cc(F)c1. The molecule has 1 aliphatic rings. The Kier molecular flexibility index (Phi) is 12.9. The molecule has 0 unspecified atom stereocenters. The molecule has 224 valence electrons. The van der Waals surface area contributed by atoms with E-state index >= 15 is 0 Å². The number of carbonyl (C=O) groups is 3. The zero-order chi connectivity index (χ0) is 29.6. The number of halogens is 2. The van der Waals surface area contributed by atoms with Gasteiger partial charge in [0.1, 0.15) is 36.1 Å². The fraction of sp³-hybridized carbons (Fsp3) is 0.483. The van der Waals surface area contributed by atoms with E-state index in [1.54, 1.807) is 0 Å². The van der Waals surface area contributed by atoms with Crippen LogP contribution in [0.1, 0.15) is 18.1 Å². The van der Waals surface area contributed by atoms with Crippen molar-refractivity contribution in [3.05, 3.63) is 65.2 Å². The van der Waals surface area contributed by atoms with Gasteiger partial charge in [-0.05, 0) is 42.3 Å². The summed E-state index contributed by atoms with van der Waals surface area (Å²) in [6, 6.07) is 8.17. The Morgan fingerprint density at radius 3 is 2.29 bits per heavy atom. The van der Waals surface area contributed by atoms with Gasteiger partial charge in [0, 0.05) is 45.8 Å². The first-order valence-electron chi connectivity index (χ1n) is 13.6. The van der Waals surface area contributed by atoms with Crippen LogP contribution in [0.25, 0.3) is 0 Å². The smallest absolute Gasteiger partial charge is 0.243 e. The predicted molar refractivity (Wildman–Crippen MR) is 147 cm³/mol. The Labute approximate surface area is 238 Å². The largest absolute Gasteiger partial charge is 0.492 e. The van der Waals surface area contributed by atoms with Gasteiger partial charge in [0.25, 0.3) is 0 Å². The van der Waals surface area contributed by atoms with Crippen molar-refractivity contribution in [2.45, 2.75) is 31.8 Å². The highest BCUT2D eigenvalue weighted by molar-refractivity contribution is 5.92. The van der Waals surface area contributed by atoms with Gasteiger partial charge in [0.15, 0.2) is 0 Å². The van der Waals surface area contributed by atoms with Crippen LogP contribution in [0, 0.1) is 11.6 Å². The summed E-state index contributed by atoms with van der Waals surface area (Å²) in [7, 11) is 1.51. The maximum absolute atomic E-state index is 13.4. The summed E-state index contributed by atoms with van der Waals surface area (Å²) in [4.78, 5) is 40.4. The molecule has 2 aromatic carbocycles. The first kappa shape index (κ1) is 31.9. The normalized spacial score (nSPS) is 15.0. The molecule has 1 saturated heterocycles. The molecule has 1 heterocycles. The van der Waals surface area contributed by atoms with Crippen molar-refractivity contribution in [3.8, 4) is 5.75 Å². The summed E-state index contributed by atoms with van der Waals surface area (Å²) < 4.78 is 43.0. The van der Waals surface area contributed by atoms with E-state index in [9.17, 15) is 23.2 Å². The van der Waals surface area contributed by atoms with Crippen molar-refractivity contribution < 1.29 is 37.4 Å². The van der Waals surface area contributed by atoms with E-state index in [1.165, 1.54) is 14.0 Å². The van der Waals surface area contributed by atoms with Gasteiger partial charge in [-0.15, -0.1) is 0 Å². The number of nitrogens with zero attached hydrogens (tertiary/aromatic N) is 1. The van der Waals surface area contributed by atoms with Gasteiger partial charge in [-0.3, -0.25) is 19.3 Å². The monoisotopic (exact) mass is 576 g/mol. The van der Waals surface area contributed by atoms with Gasteiger partial charge in [0.05, 0.1) is 26.2 Å². The van der Waals surface area contributed by atoms with Crippen molar-refractivity contribution in [2.75, 3.05) is 59.7 Å². The molecule has 0 saturated carbocycles. The quantitative estimate of drug-likeness (QED) is 0.273. The van der Waals surface area contributed by atoms with Crippen molar-refractivity contribution >= 4 is 17.7 Å². The summed E-state index contributed by atoms with van der Waals surface area (Å²) in [5, 5.41) is 7.92. The second-order valence-electron chi connectivity index (χ2n) is 9.74. The first-order chi connectivity index (χ1) is 19.7. The standard InChI is InChI=1S/C29H38F2N4O6/c1-20(33-27(36)18-22-15-23(30)19-24(31)16-22)28(37)34-26(29(38)32-7-11-39-2)17-21-3-5-25(6-4-21)41-14-10-35-8-12-40-13-9-35/h3-6,15-16,19-20,26H,7-14,17-18H2,1-2H3,(H,32,38)(H,33,36)(H,34,37)/t20-,26-/m0/s1. The Hall–Kier alpha value is -3.61. The number of carbonyl (C=O) groups excluding carboxylic acids is 3. The fourth-order valence-electron chi connectivity index (χ4n) is 4.24. The third kappa shape index (κ3) is 11.4. The number of nitrogens with one attached hydrogen (secondary N) is 3. The molecular weight excluding hydrogens is 538 g/mol. The van der Waals surface area contributed by atoms with Crippen LogP contribution in [0.2, 0.25) is 0 Å². The number of benzene rings is 2. The Morgan fingerprint density at radius 2 is 1.63 bits per heavy atom. The van der Waals surface area contributed by atoms with Crippen LogP contribution in [-0.4, -0.2) is 94.4 Å². The fourth-order valence-corrected chi connectivity index (χ4v) is 4.24. The molecule has 0 bridgehead atoms. The number of ether oxygens (including phenoxy) is 3. The van der Waals surface area contributed by atoms with E-state index in [0.717, 1.165) is 50.5 Å². The van der Waals surface area contributed by atoms with E-state index in [-0.39, 0.29) is 24.9 Å². The topological polar surface area (TPSA) is 118 Å². The van der Waals surface area contributed by atoms with Crippen LogP contribution < -0.4 is 20.7 Å². The summed E-state index contributed by atoms with van der Waals surface area (Å²) in [6.07, 6.45) is -0.115. The van der Waals surface area contributed by atoms with Crippen LogP contribution in [0.15, 0.2) is 42.5 Å². The van der Waals surface area contributed by atoms with Crippen molar-refractivity contribution in [2.24, 2.45) is 0 Å². The summed E-state index contributed by atoms with van der Waals surface area (Å²) >= 11 is 0. The highest BCUT2D eigenvalue weighted by Crippen LogP contribution is 2.14. The lowest BCUT2D eigenvalue weighted by Crippen LogP contribution is -2.54. The first-order valence-corrected chi connectivity index (χ1v) is 13.6. The minimum absolute atomic E-state index is 0.136. The highest BCUT2D eigenvalue weighted by Gasteiger charge is 2.25. The van der Waals surface area contributed by atoms with E-state index in [1.807, 2.05) is 24.3 Å². The van der Waals surface area contributed by atoms with Gasteiger partial charge in [0.2, 0.25) is 17.7 Å². The third-order valence-corrected chi connectivity index (χ3v) is 6.44. The zero-order valence-electron chi connectivity index (χ0n) is 23.4. The van der Waals surface area contributed by atoms with Crippen molar-refractivity contribution in [1.29, 1.82) is 0 Å². The number of methoxy groups -OCH3 is 1. The number of amides is 3. The zero-order valence-corrected chi connectivity index (χ0v) is 23.4. The molecule has 3 rings (SSSR count). The van der Waals surface area contributed by atoms with Crippen LogP contribution in [0.4, 0.5) is 8.78 Å². The molecule has 3 amide bonds. The molecular formula is C29H38F2N4O6. The minimum atomic E-state index is -1.00. The predicted octanol–water partition coefficient (Wildman–Crippen LogP) is 1.21. The third-order valence-electron chi connectivity index (χ3n) is 6.44. The highest BCUT2D eigenvalue weighted by atomic mass is 19.1. The summed E-state index contributed by atoms with van der Waals surface area (Å²) in [6.45, 7) is 6.59. The molecule has 3 N–H and O–H groups in total. The van der Waals surface area contributed by atoms with E-state index in [4.69, 9.17) is 14.2 Å². The molecule has 12 heteroatoms. The Balaban J connectivity index is 1.55. The molecule has 10 nitrogen and oxygen atoms in total. The van der Waals surface area contributed by atoms with Gasteiger partial charge < -0.3 is 30.2 Å². The van der Waals surface area contributed by atoms with Gasteiger partial charge in [-0.25, -0.2) is 8.78 Å². The molecule has 0 radical (unpaired) electrons. The molecule has 0 spiro atoms. The maximum Gasteiger partial charge on any atom is 0.243 e.